The Hall–Kier alpha value is -1.29. The lowest BCUT2D eigenvalue weighted by Crippen LogP contribution is -1.88. The van der Waals surface area contributed by atoms with E-state index in [9.17, 15) is 13.2 Å². The van der Waals surface area contributed by atoms with Crippen LogP contribution < -0.4 is 0 Å². The first-order chi connectivity index (χ1) is 7.58. The molecular formula is C12H6BrF3. The molecule has 0 aliphatic rings. The van der Waals surface area contributed by atoms with Gasteiger partial charge in [-0.2, -0.15) is 0 Å². The second-order valence-electron chi connectivity index (χ2n) is 3.25. The van der Waals surface area contributed by atoms with Crippen molar-refractivity contribution in [2.75, 3.05) is 0 Å². The average molecular weight is 287 g/mol. The zero-order chi connectivity index (χ0) is 11.7. The number of hydrogen-bond donors (Lipinski definition) is 0. The van der Waals surface area contributed by atoms with Crippen molar-refractivity contribution < 1.29 is 13.2 Å². The van der Waals surface area contributed by atoms with Crippen molar-refractivity contribution in [1.29, 1.82) is 0 Å². The minimum Gasteiger partial charge on any atom is -0.206 e. The fourth-order valence-corrected chi connectivity index (χ4v) is 1.74. The third-order valence-electron chi connectivity index (χ3n) is 2.16. The summed E-state index contributed by atoms with van der Waals surface area (Å²) in [6.45, 7) is 0. The van der Waals surface area contributed by atoms with Crippen LogP contribution in [0.2, 0.25) is 0 Å². The molecule has 0 saturated carbocycles. The maximum atomic E-state index is 13.5. The second-order valence-corrected chi connectivity index (χ2v) is 4.17. The fourth-order valence-electron chi connectivity index (χ4n) is 1.38. The van der Waals surface area contributed by atoms with Gasteiger partial charge >= 0.3 is 0 Å². The molecular weight excluding hydrogens is 281 g/mol. The Morgan fingerprint density at radius 3 is 2.12 bits per heavy atom. The van der Waals surface area contributed by atoms with E-state index < -0.39 is 17.5 Å². The maximum absolute atomic E-state index is 13.5. The lowest BCUT2D eigenvalue weighted by Gasteiger charge is -2.04. The molecule has 0 heterocycles. The van der Waals surface area contributed by atoms with Crippen molar-refractivity contribution in [3.05, 3.63) is 58.3 Å². The monoisotopic (exact) mass is 286 g/mol. The second kappa shape index (κ2) is 4.29. The molecule has 0 nitrogen and oxygen atoms in total. The van der Waals surface area contributed by atoms with Crippen LogP contribution in [-0.4, -0.2) is 0 Å². The Morgan fingerprint density at radius 1 is 0.750 bits per heavy atom. The van der Waals surface area contributed by atoms with Crippen molar-refractivity contribution in [2.45, 2.75) is 0 Å². The van der Waals surface area contributed by atoms with Gasteiger partial charge in [0.1, 0.15) is 5.82 Å². The van der Waals surface area contributed by atoms with Crippen molar-refractivity contribution in [1.82, 2.24) is 0 Å². The van der Waals surface area contributed by atoms with Crippen molar-refractivity contribution in [2.24, 2.45) is 0 Å². The van der Waals surface area contributed by atoms with E-state index in [-0.39, 0.29) is 5.56 Å². The third-order valence-corrected chi connectivity index (χ3v) is 2.65. The topological polar surface area (TPSA) is 0 Å². The van der Waals surface area contributed by atoms with Gasteiger partial charge in [-0.25, -0.2) is 13.2 Å². The molecule has 0 atom stereocenters. The number of rotatable bonds is 1. The van der Waals surface area contributed by atoms with Gasteiger partial charge in [0.15, 0.2) is 11.6 Å². The van der Waals surface area contributed by atoms with Gasteiger partial charge in [-0.1, -0.05) is 22.0 Å². The van der Waals surface area contributed by atoms with Crippen LogP contribution in [0.25, 0.3) is 11.1 Å². The molecule has 0 unspecified atom stereocenters. The first-order valence-corrected chi connectivity index (χ1v) is 5.27. The molecule has 4 heteroatoms. The third kappa shape index (κ3) is 2.11. The molecule has 0 amide bonds. The Balaban J connectivity index is 2.58. The highest BCUT2D eigenvalue weighted by atomic mass is 79.9. The van der Waals surface area contributed by atoms with E-state index in [4.69, 9.17) is 0 Å². The van der Waals surface area contributed by atoms with Crippen LogP contribution in [0.1, 0.15) is 0 Å². The normalized spacial score (nSPS) is 10.5. The van der Waals surface area contributed by atoms with E-state index in [1.807, 2.05) is 0 Å². The quantitative estimate of drug-likeness (QED) is 0.722. The van der Waals surface area contributed by atoms with E-state index in [2.05, 4.69) is 15.9 Å². The zero-order valence-corrected chi connectivity index (χ0v) is 9.56. The molecule has 0 aliphatic heterocycles. The maximum Gasteiger partial charge on any atom is 0.159 e. The summed E-state index contributed by atoms with van der Waals surface area (Å²) in [6.07, 6.45) is 0. The molecule has 2 aromatic rings. The zero-order valence-electron chi connectivity index (χ0n) is 7.98. The first-order valence-electron chi connectivity index (χ1n) is 4.48. The molecule has 0 radical (unpaired) electrons. The summed E-state index contributed by atoms with van der Waals surface area (Å²) in [7, 11) is 0. The van der Waals surface area contributed by atoms with Crippen LogP contribution in [0.15, 0.2) is 40.9 Å². The van der Waals surface area contributed by atoms with Gasteiger partial charge in [0.05, 0.1) is 0 Å². The standard InChI is InChI=1S/C12H6BrF3/c13-8-2-4-10(14)9(6-8)7-1-3-11(15)12(16)5-7/h1-6H. The summed E-state index contributed by atoms with van der Waals surface area (Å²) in [4.78, 5) is 0. The summed E-state index contributed by atoms with van der Waals surface area (Å²) in [5, 5.41) is 0. The Labute approximate surface area is 98.9 Å². The van der Waals surface area contributed by atoms with Gasteiger partial charge in [0.25, 0.3) is 0 Å². The van der Waals surface area contributed by atoms with Crippen molar-refractivity contribution in [3.8, 4) is 11.1 Å². The SMILES string of the molecule is Fc1ccc(-c2cc(Br)ccc2F)cc1F. The highest BCUT2D eigenvalue weighted by molar-refractivity contribution is 9.10. The van der Waals surface area contributed by atoms with E-state index in [1.54, 1.807) is 6.07 Å². The van der Waals surface area contributed by atoms with E-state index in [0.717, 1.165) is 12.1 Å². The van der Waals surface area contributed by atoms with Crippen LogP contribution in [0.4, 0.5) is 13.2 Å². The molecule has 2 aromatic carbocycles. The number of halogens is 4. The molecule has 0 aromatic heterocycles. The lowest BCUT2D eigenvalue weighted by atomic mass is 10.1. The first kappa shape index (κ1) is 11.2. The highest BCUT2D eigenvalue weighted by Crippen LogP contribution is 2.27. The molecule has 0 saturated heterocycles. The van der Waals surface area contributed by atoms with Crippen molar-refractivity contribution >= 4 is 15.9 Å². The average Bonchev–Trinajstić information content (AvgIpc) is 2.26. The molecule has 82 valence electrons. The highest BCUT2D eigenvalue weighted by Gasteiger charge is 2.08. The summed E-state index contributed by atoms with van der Waals surface area (Å²) in [5.41, 5.74) is 0.533. The molecule has 0 aliphatic carbocycles. The van der Waals surface area contributed by atoms with Crippen LogP contribution in [0.3, 0.4) is 0 Å². The van der Waals surface area contributed by atoms with Crippen LogP contribution in [-0.2, 0) is 0 Å². The number of hydrogen-bond acceptors (Lipinski definition) is 0. The largest absolute Gasteiger partial charge is 0.206 e. The Morgan fingerprint density at radius 2 is 1.44 bits per heavy atom. The van der Waals surface area contributed by atoms with Gasteiger partial charge in [0.2, 0.25) is 0 Å². The van der Waals surface area contributed by atoms with Crippen molar-refractivity contribution in [3.63, 3.8) is 0 Å². The Bertz CT molecular complexity index is 538. The lowest BCUT2D eigenvalue weighted by molar-refractivity contribution is 0.509. The smallest absolute Gasteiger partial charge is 0.159 e. The molecule has 0 spiro atoms. The van der Waals surface area contributed by atoms with Crippen LogP contribution >= 0.6 is 15.9 Å². The fraction of sp³-hybridized carbons (Fsp3) is 0. The summed E-state index contributed by atoms with van der Waals surface area (Å²) < 4.78 is 39.8. The predicted octanol–water partition coefficient (Wildman–Crippen LogP) is 4.53. The van der Waals surface area contributed by atoms with Gasteiger partial charge in [-0.3, -0.25) is 0 Å². The van der Waals surface area contributed by atoms with Gasteiger partial charge in [-0.05, 0) is 35.9 Å². The molecule has 0 N–H and O–H groups in total. The van der Waals surface area contributed by atoms with E-state index in [1.165, 1.54) is 18.2 Å². The molecule has 0 bridgehead atoms. The molecule has 0 fully saturated rings. The molecule has 2 rings (SSSR count). The minimum absolute atomic E-state index is 0.230. The number of benzene rings is 2. The summed E-state index contributed by atoms with van der Waals surface area (Å²) in [5.74, 6) is -2.41. The van der Waals surface area contributed by atoms with Crippen LogP contribution in [0, 0.1) is 17.5 Å². The van der Waals surface area contributed by atoms with Gasteiger partial charge in [0, 0.05) is 10.0 Å². The minimum atomic E-state index is -0.989. The summed E-state index contributed by atoms with van der Waals surface area (Å²) >= 11 is 3.19. The van der Waals surface area contributed by atoms with E-state index in [0.29, 0.717) is 10.0 Å². The predicted molar refractivity (Wildman–Crippen MR) is 59.5 cm³/mol. The van der Waals surface area contributed by atoms with Crippen LogP contribution in [0.5, 0.6) is 0 Å². The van der Waals surface area contributed by atoms with Gasteiger partial charge < -0.3 is 0 Å². The molecule has 16 heavy (non-hydrogen) atoms. The van der Waals surface area contributed by atoms with E-state index >= 15 is 0 Å². The van der Waals surface area contributed by atoms with Gasteiger partial charge in [-0.15, -0.1) is 0 Å². The summed E-state index contributed by atoms with van der Waals surface area (Å²) in [6, 6.07) is 7.61. The Kier molecular flexibility index (Phi) is 3.01.